The maximum atomic E-state index is 12.3. The van der Waals surface area contributed by atoms with Crippen molar-refractivity contribution in [3.8, 4) is 0 Å². The molecule has 2 amide bonds. The van der Waals surface area contributed by atoms with Gasteiger partial charge >= 0.3 is 5.97 Å². The number of benzene rings is 2. The van der Waals surface area contributed by atoms with Gasteiger partial charge in [0.1, 0.15) is 0 Å². The number of carbonyl (C=O) groups excluding carboxylic acids is 3. The van der Waals surface area contributed by atoms with Crippen LogP contribution in [0.25, 0.3) is 0 Å². The molecule has 1 heterocycles. The number of nitrogens with zero attached hydrogens (tertiary/aromatic N) is 1. The highest BCUT2D eigenvalue weighted by Gasteiger charge is 2.35. The monoisotopic (exact) mass is 455 g/mol. The first-order valence-corrected chi connectivity index (χ1v) is 9.21. The summed E-state index contributed by atoms with van der Waals surface area (Å²) < 4.78 is 5.88. The maximum Gasteiger partial charge on any atom is 0.338 e. The van der Waals surface area contributed by atoms with E-state index in [-0.39, 0.29) is 35.6 Å². The van der Waals surface area contributed by atoms with Crippen molar-refractivity contribution in [3.63, 3.8) is 0 Å². The van der Waals surface area contributed by atoms with Crippen molar-refractivity contribution in [2.45, 2.75) is 6.42 Å². The first-order valence-electron chi connectivity index (χ1n) is 7.66. The Hall–Kier alpha value is -1.89. The van der Waals surface area contributed by atoms with Gasteiger partial charge in [-0.25, -0.2) is 4.79 Å². The average Bonchev–Trinajstić information content (AvgIpc) is 2.84. The van der Waals surface area contributed by atoms with Gasteiger partial charge < -0.3 is 4.74 Å². The van der Waals surface area contributed by atoms with E-state index in [1.54, 1.807) is 18.2 Å². The van der Waals surface area contributed by atoms with E-state index in [0.29, 0.717) is 22.6 Å². The van der Waals surface area contributed by atoms with Gasteiger partial charge in [-0.2, -0.15) is 0 Å². The fourth-order valence-electron chi connectivity index (χ4n) is 2.56. The molecule has 1 aliphatic rings. The van der Waals surface area contributed by atoms with Crippen LogP contribution < -0.4 is 0 Å². The van der Waals surface area contributed by atoms with Crippen molar-refractivity contribution in [1.29, 1.82) is 0 Å². The second kappa shape index (κ2) is 7.78. The largest absolute Gasteiger partial charge is 0.462 e. The van der Waals surface area contributed by atoms with Gasteiger partial charge in [-0.05, 0) is 42.8 Å². The van der Waals surface area contributed by atoms with Gasteiger partial charge in [0.25, 0.3) is 11.8 Å². The van der Waals surface area contributed by atoms with Gasteiger partial charge in [0.15, 0.2) is 0 Å². The van der Waals surface area contributed by atoms with Crippen LogP contribution in [-0.2, 0) is 4.74 Å². The van der Waals surface area contributed by atoms with E-state index in [0.717, 1.165) is 9.37 Å². The number of esters is 1. The van der Waals surface area contributed by atoms with E-state index in [9.17, 15) is 14.4 Å². The van der Waals surface area contributed by atoms with Crippen LogP contribution in [-0.4, -0.2) is 35.8 Å². The lowest BCUT2D eigenvalue weighted by atomic mass is 10.1. The minimum absolute atomic E-state index is 0.0657. The number of amides is 2. The van der Waals surface area contributed by atoms with Crippen molar-refractivity contribution in [3.05, 3.63) is 67.6 Å². The van der Waals surface area contributed by atoms with Crippen molar-refractivity contribution >= 4 is 56.9 Å². The summed E-state index contributed by atoms with van der Waals surface area (Å²) >= 11 is 15.0. The summed E-state index contributed by atoms with van der Waals surface area (Å²) in [5.74, 6) is -1.23. The van der Waals surface area contributed by atoms with Crippen LogP contribution in [0.4, 0.5) is 0 Å². The summed E-state index contributed by atoms with van der Waals surface area (Å²) in [5.41, 5.74) is 1.04. The quantitative estimate of drug-likeness (QED) is 0.374. The molecule has 0 fully saturated rings. The van der Waals surface area contributed by atoms with E-state index in [1.165, 1.54) is 18.2 Å². The van der Waals surface area contributed by atoms with Crippen LogP contribution in [0.5, 0.6) is 0 Å². The molecule has 0 aromatic heterocycles. The summed E-state index contributed by atoms with van der Waals surface area (Å²) in [6.07, 6.45) is 0.333. The number of hydrogen-bond donors (Lipinski definition) is 0. The summed E-state index contributed by atoms with van der Waals surface area (Å²) in [6.45, 7) is 0.231. The average molecular weight is 457 g/mol. The van der Waals surface area contributed by atoms with E-state index in [2.05, 4.69) is 15.9 Å². The highest BCUT2D eigenvalue weighted by Crippen LogP contribution is 2.26. The minimum atomic E-state index is -0.546. The van der Waals surface area contributed by atoms with Gasteiger partial charge in [-0.15, -0.1) is 0 Å². The lowest BCUT2D eigenvalue weighted by molar-refractivity contribution is 0.0482. The summed E-state index contributed by atoms with van der Waals surface area (Å²) in [6, 6.07) is 9.40. The third kappa shape index (κ3) is 3.77. The summed E-state index contributed by atoms with van der Waals surface area (Å²) in [4.78, 5) is 37.7. The fraction of sp³-hybridized carbons (Fsp3) is 0.167. The Kier molecular flexibility index (Phi) is 5.65. The van der Waals surface area contributed by atoms with Gasteiger partial charge in [-0.1, -0.05) is 39.1 Å². The Morgan fingerprint density at radius 3 is 2.46 bits per heavy atom. The Labute approximate surface area is 168 Å². The topological polar surface area (TPSA) is 63.7 Å². The normalized spacial score (nSPS) is 13.1. The van der Waals surface area contributed by atoms with Crippen molar-refractivity contribution in [1.82, 2.24) is 4.90 Å². The lowest BCUT2D eigenvalue weighted by Crippen LogP contribution is -2.31. The second-order valence-corrected chi connectivity index (χ2v) is 7.30. The van der Waals surface area contributed by atoms with E-state index < -0.39 is 5.97 Å². The Balaban J connectivity index is 1.54. The molecule has 0 spiro atoms. The van der Waals surface area contributed by atoms with Crippen LogP contribution in [0.3, 0.4) is 0 Å². The molecular weight excluding hydrogens is 445 g/mol. The molecule has 0 unspecified atom stereocenters. The molecular formula is C18H12BrCl2NO4. The van der Waals surface area contributed by atoms with Gasteiger partial charge in [-0.3, -0.25) is 14.5 Å². The first kappa shape index (κ1) is 18.9. The molecule has 2 aromatic carbocycles. The lowest BCUT2D eigenvalue weighted by Gasteiger charge is -2.13. The zero-order valence-electron chi connectivity index (χ0n) is 13.3. The molecule has 3 rings (SSSR count). The minimum Gasteiger partial charge on any atom is -0.462 e. The molecule has 8 heteroatoms. The van der Waals surface area contributed by atoms with Crippen molar-refractivity contribution < 1.29 is 19.1 Å². The van der Waals surface area contributed by atoms with Gasteiger partial charge in [0.05, 0.1) is 33.3 Å². The van der Waals surface area contributed by atoms with Crippen molar-refractivity contribution in [2.24, 2.45) is 0 Å². The third-order valence-electron chi connectivity index (χ3n) is 3.85. The molecule has 1 aliphatic heterocycles. The molecule has 2 aromatic rings. The van der Waals surface area contributed by atoms with E-state index in [1.807, 2.05) is 0 Å². The predicted molar refractivity (Wildman–Crippen MR) is 101 cm³/mol. The van der Waals surface area contributed by atoms with Crippen LogP contribution >= 0.6 is 39.1 Å². The van der Waals surface area contributed by atoms with E-state index >= 15 is 0 Å². The molecule has 0 aliphatic carbocycles. The predicted octanol–water partition coefficient (Wildman–Crippen LogP) is 4.60. The summed E-state index contributed by atoms with van der Waals surface area (Å²) in [7, 11) is 0. The second-order valence-electron chi connectivity index (χ2n) is 5.57. The van der Waals surface area contributed by atoms with Crippen LogP contribution in [0.2, 0.25) is 10.0 Å². The SMILES string of the molecule is O=C(OCCCN1C(=O)c2ccc(Br)cc2C1=O)c1ccc(Cl)c(Cl)c1. The number of halogens is 3. The molecule has 5 nitrogen and oxygen atoms in total. The molecule has 0 radical (unpaired) electrons. The zero-order valence-corrected chi connectivity index (χ0v) is 16.4. The van der Waals surface area contributed by atoms with Gasteiger partial charge in [0.2, 0.25) is 0 Å². The number of rotatable bonds is 5. The van der Waals surface area contributed by atoms with Crippen LogP contribution in [0.15, 0.2) is 40.9 Å². The molecule has 0 bridgehead atoms. The number of imide groups is 1. The van der Waals surface area contributed by atoms with Crippen LogP contribution in [0.1, 0.15) is 37.5 Å². The first-order chi connectivity index (χ1) is 12.4. The Morgan fingerprint density at radius 2 is 1.73 bits per heavy atom. The molecule has 0 N–H and O–H groups in total. The number of hydrogen-bond acceptors (Lipinski definition) is 4. The zero-order chi connectivity index (χ0) is 18.8. The van der Waals surface area contributed by atoms with Crippen molar-refractivity contribution in [2.75, 3.05) is 13.2 Å². The van der Waals surface area contributed by atoms with Gasteiger partial charge in [0, 0.05) is 11.0 Å². The summed E-state index contributed by atoms with van der Waals surface area (Å²) in [5, 5.41) is 0.610. The Morgan fingerprint density at radius 1 is 1.00 bits per heavy atom. The highest BCUT2D eigenvalue weighted by molar-refractivity contribution is 9.10. The number of ether oxygens (including phenoxy) is 1. The van der Waals surface area contributed by atoms with E-state index in [4.69, 9.17) is 27.9 Å². The fourth-order valence-corrected chi connectivity index (χ4v) is 3.22. The maximum absolute atomic E-state index is 12.3. The Bertz CT molecular complexity index is 916. The molecule has 26 heavy (non-hydrogen) atoms. The molecule has 0 atom stereocenters. The smallest absolute Gasteiger partial charge is 0.338 e. The van der Waals surface area contributed by atoms with Crippen LogP contribution in [0, 0.1) is 0 Å². The third-order valence-corrected chi connectivity index (χ3v) is 5.08. The molecule has 134 valence electrons. The number of fused-ring (bicyclic) bond motifs is 1. The molecule has 0 saturated carbocycles. The highest BCUT2D eigenvalue weighted by atomic mass is 79.9. The number of carbonyl (C=O) groups is 3. The standard InChI is InChI=1S/C18H12BrCl2NO4/c19-11-3-4-12-13(9-11)17(24)22(16(12)23)6-1-7-26-18(25)10-2-5-14(20)15(21)8-10/h2-5,8-9H,1,6-7H2. The molecule has 0 saturated heterocycles.